The van der Waals surface area contributed by atoms with Gasteiger partial charge in [-0.3, -0.25) is 4.79 Å². The Labute approximate surface area is 103 Å². The summed E-state index contributed by atoms with van der Waals surface area (Å²) in [6.45, 7) is 3.80. The molecule has 2 unspecified atom stereocenters. The number of nitrogens with one attached hydrogen (secondary N) is 1. The van der Waals surface area contributed by atoms with Gasteiger partial charge in [-0.25, -0.2) is 0 Å². The van der Waals surface area contributed by atoms with Crippen LogP contribution >= 0.6 is 0 Å². The van der Waals surface area contributed by atoms with Gasteiger partial charge < -0.3 is 10.2 Å². The summed E-state index contributed by atoms with van der Waals surface area (Å²) in [4.78, 5) is 14.0. The zero-order chi connectivity index (χ0) is 12.3. The smallest absolute Gasteiger partial charge is 0.223 e. The van der Waals surface area contributed by atoms with Crippen molar-refractivity contribution in [1.29, 1.82) is 0 Å². The third-order valence-corrected chi connectivity index (χ3v) is 3.59. The molecule has 1 fully saturated rings. The second-order valence-corrected chi connectivity index (χ2v) is 4.77. The first-order chi connectivity index (χ1) is 8.22. The van der Waals surface area contributed by atoms with E-state index in [1.165, 1.54) is 5.56 Å². The molecule has 1 saturated heterocycles. The average Bonchev–Trinajstić information content (AvgIpc) is 2.59. The Morgan fingerprint density at radius 3 is 2.71 bits per heavy atom. The molecule has 1 amide bonds. The molecule has 1 N–H and O–H groups in total. The molecular formula is C14H20N2O. The molecule has 1 aliphatic heterocycles. The van der Waals surface area contributed by atoms with Crippen LogP contribution in [0.2, 0.25) is 0 Å². The van der Waals surface area contributed by atoms with E-state index in [-0.39, 0.29) is 5.91 Å². The summed E-state index contributed by atoms with van der Waals surface area (Å²) >= 11 is 0. The van der Waals surface area contributed by atoms with E-state index in [1.54, 1.807) is 0 Å². The summed E-state index contributed by atoms with van der Waals surface area (Å²) in [6, 6.07) is 10.5. The van der Waals surface area contributed by atoms with E-state index in [2.05, 4.69) is 24.4 Å². The maximum absolute atomic E-state index is 12.0. The third kappa shape index (κ3) is 2.67. The number of carbonyl (C=O) groups excluding carboxylic acids is 1. The molecule has 0 spiro atoms. The number of benzene rings is 1. The number of rotatable bonds is 4. The minimum atomic E-state index is 0.279. The van der Waals surface area contributed by atoms with Crippen LogP contribution in [0.1, 0.15) is 18.9 Å². The van der Waals surface area contributed by atoms with Gasteiger partial charge in [0.25, 0.3) is 0 Å². The normalized spacial score (nSPS) is 24.4. The van der Waals surface area contributed by atoms with Gasteiger partial charge in [0.2, 0.25) is 5.91 Å². The molecule has 2 atom stereocenters. The Hall–Kier alpha value is -1.35. The van der Waals surface area contributed by atoms with E-state index in [0.717, 1.165) is 13.1 Å². The molecule has 1 aromatic rings. The van der Waals surface area contributed by atoms with Gasteiger partial charge in [0, 0.05) is 31.5 Å². The topological polar surface area (TPSA) is 32.3 Å². The molecule has 1 heterocycles. The summed E-state index contributed by atoms with van der Waals surface area (Å²) in [5.41, 5.74) is 1.21. The van der Waals surface area contributed by atoms with Gasteiger partial charge in [0.05, 0.1) is 0 Å². The first-order valence-electron chi connectivity index (χ1n) is 6.20. The van der Waals surface area contributed by atoms with Crippen molar-refractivity contribution in [1.82, 2.24) is 10.2 Å². The summed E-state index contributed by atoms with van der Waals surface area (Å²) in [5.74, 6) is 0.720. The highest BCUT2D eigenvalue weighted by Crippen LogP contribution is 2.26. The lowest BCUT2D eigenvalue weighted by atomic mass is 10.0. The summed E-state index contributed by atoms with van der Waals surface area (Å²) in [6.07, 6.45) is 0.675. The van der Waals surface area contributed by atoms with Crippen LogP contribution in [0.15, 0.2) is 30.3 Å². The predicted molar refractivity (Wildman–Crippen MR) is 68.5 cm³/mol. The quantitative estimate of drug-likeness (QED) is 0.856. The van der Waals surface area contributed by atoms with E-state index < -0.39 is 0 Å². The lowest BCUT2D eigenvalue weighted by Crippen LogP contribution is -2.34. The van der Waals surface area contributed by atoms with Crippen molar-refractivity contribution in [3.05, 3.63) is 35.9 Å². The molecular weight excluding hydrogens is 212 g/mol. The maximum Gasteiger partial charge on any atom is 0.223 e. The molecule has 0 saturated carbocycles. The van der Waals surface area contributed by atoms with Crippen LogP contribution in [-0.4, -0.2) is 30.4 Å². The Morgan fingerprint density at radius 1 is 1.35 bits per heavy atom. The van der Waals surface area contributed by atoms with Crippen molar-refractivity contribution >= 4 is 5.91 Å². The Morgan fingerprint density at radius 2 is 2.06 bits per heavy atom. The standard InChI is InChI=1S/C14H20N2O/c1-11-13(9-15-2)8-14(17)16(11)10-12-6-4-3-5-7-12/h3-7,11,13,15H,8-10H2,1-2H3. The van der Waals surface area contributed by atoms with Crippen molar-refractivity contribution in [3.63, 3.8) is 0 Å². The number of hydrogen-bond acceptors (Lipinski definition) is 2. The minimum absolute atomic E-state index is 0.279. The zero-order valence-corrected chi connectivity index (χ0v) is 10.5. The monoisotopic (exact) mass is 232 g/mol. The first-order valence-corrected chi connectivity index (χ1v) is 6.20. The number of hydrogen-bond donors (Lipinski definition) is 1. The number of nitrogens with zero attached hydrogens (tertiary/aromatic N) is 1. The summed E-state index contributed by atoms with van der Waals surface area (Å²) < 4.78 is 0. The van der Waals surface area contributed by atoms with Crippen LogP contribution in [0.4, 0.5) is 0 Å². The van der Waals surface area contributed by atoms with E-state index >= 15 is 0 Å². The molecule has 2 rings (SSSR count). The van der Waals surface area contributed by atoms with Crippen molar-refractivity contribution < 1.29 is 4.79 Å². The Balaban J connectivity index is 2.04. The van der Waals surface area contributed by atoms with Crippen LogP contribution < -0.4 is 5.32 Å². The van der Waals surface area contributed by atoms with Gasteiger partial charge in [-0.15, -0.1) is 0 Å². The average molecular weight is 232 g/mol. The molecule has 3 heteroatoms. The summed E-state index contributed by atoms with van der Waals surface area (Å²) in [7, 11) is 1.94. The fourth-order valence-corrected chi connectivity index (χ4v) is 2.51. The van der Waals surface area contributed by atoms with Gasteiger partial charge in [-0.2, -0.15) is 0 Å². The highest BCUT2D eigenvalue weighted by atomic mass is 16.2. The van der Waals surface area contributed by atoms with Crippen molar-refractivity contribution in [2.24, 2.45) is 5.92 Å². The van der Waals surface area contributed by atoms with E-state index in [0.29, 0.717) is 18.4 Å². The number of likely N-dealkylation sites (tertiary alicyclic amines) is 1. The lowest BCUT2D eigenvalue weighted by molar-refractivity contribution is -0.129. The second-order valence-electron chi connectivity index (χ2n) is 4.77. The number of amides is 1. The predicted octanol–water partition coefficient (Wildman–Crippen LogP) is 1.64. The largest absolute Gasteiger partial charge is 0.335 e. The molecule has 0 aliphatic carbocycles. The van der Waals surface area contributed by atoms with Gasteiger partial charge in [-0.05, 0) is 19.5 Å². The first kappa shape index (κ1) is 12.1. The number of carbonyl (C=O) groups is 1. The highest BCUT2D eigenvalue weighted by Gasteiger charge is 2.35. The Kier molecular flexibility index (Phi) is 3.79. The fourth-order valence-electron chi connectivity index (χ4n) is 2.51. The SMILES string of the molecule is CNCC1CC(=O)N(Cc2ccccc2)C1C. The molecule has 17 heavy (non-hydrogen) atoms. The van der Waals surface area contributed by atoms with Crippen molar-refractivity contribution in [3.8, 4) is 0 Å². The van der Waals surface area contributed by atoms with Crippen molar-refractivity contribution in [2.75, 3.05) is 13.6 Å². The third-order valence-electron chi connectivity index (χ3n) is 3.59. The van der Waals surface area contributed by atoms with Crippen molar-refractivity contribution in [2.45, 2.75) is 25.9 Å². The molecule has 1 aromatic carbocycles. The summed E-state index contributed by atoms with van der Waals surface area (Å²) in [5, 5.41) is 3.17. The molecule has 0 radical (unpaired) electrons. The molecule has 92 valence electrons. The molecule has 0 bridgehead atoms. The van der Waals surface area contributed by atoms with E-state index in [1.807, 2.05) is 30.1 Å². The van der Waals surface area contributed by atoms with Crippen LogP contribution in [-0.2, 0) is 11.3 Å². The van der Waals surface area contributed by atoms with Crippen LogP contribution in [0.3, 0.4) is 0 Å². The van der Waals surface area contributed by atoms with Gasteiger partial charge in [0.1, 0.15) is 0 Å². The fraction of sp³-hybridized carbons (Fsp3) is 0.500. The van der Waals surface area contributed by atoms with E-state index in [4.69, 9.17) is 0 Å². The van der Waals surface area contributed by atoms with Crippen LogP contribution in [0.25, 0.3) is 0 Å². The Bertz CT molecular complexity index is 377. The molecule has 3 nitrogen and oxygen atoms in total. The van der Waals surface area contributed by atoms with E-state index in [9.17, 15) is 4.79 Å². The van der Waals surface area contributed by atoms with Gasteiger partial charge in [-0.1, -0.05) is 30.3 Å². The van der Waals surface area contributed by atoms with Gasteiger partial charge in [0.15, 0.2) is 0 Å². The molecule has 0 aromatic heterocycles. The minimum Gasteiger partial charge on any atom is -0.335 e. The highest BCUT2D eigenvalue weighted by molar-refractivity contribution is 5.79. The lowest BCUT2D eigenvalue weighted by Gasteiger charge is -2.24. The van der Waals surface area contributed by atoms with Gasteiger partial charge >= 0.3 is 0 Å². The maximum atomic E-state index is 12.0. The zero-order valence-electron chi connectivity index (χ0n) is 10.5. The second kappa shape index (κ2) is 5.32. The van der Waals surface area contributed by atoms with Crippen LogP contribution in [0.5, 0.6) is 0 Å². The molecule has 1 aliphatic rings. The van der Waals surface area contributed by atoms with Crippen LogP contribution in [0, 0.1) is 5.92 Å².